The Morgan fingerprint density at radius 2 is 1.73 bits per heavy atom. The van der Waals surface area contributed by atoms with Crippen molar-refractivity contribution in [2.75, 3.05) is 0 Å². The molecule has 1 aromatic heterocycles. The molecule has 5 heteroatoms. The first-order valence-corrected chi connectivity index (χ1v) is 7.87. The minimum atomic E-state index is -0.0986. The molecule has 0 fully saturated rings. The summed E-state index contributed by atoms with van der Waals surface area (Å²) in [6.07, 6.45) is 9.80. The zero-order valence-electron chi connectivity index (χ0n) is 13.2. The van der Waals surface area contributed by atoms with E-state index in [9.17, 15) is 4.79 Å². The minimum absolute atomic E-state index is 0.0986. The Hall–Kier alpha value is -2.17. The number of nitrogens with zero attached hydrogens (tertiary/aromatic N) is 2. The zero-order chi connectivity index (χ0) is 16.0. The first kappa shape index (κ1) is 17.9. The van der Waals surface area contributed by atoms with Gasteiger partial charge >= 0.3 is 0 Å². The van der Waals surface area contributed by atoms with Crippen LogP contribution >= 0.6 is 0 Å². The number of hydrogen-bond acceptors (Lipinski definition) is 4. The van der Waals surface area contributed by atoms with Crippen LogP contribution in [-0.4, -0.2) is 20.5 Å². The molecule has 0 saturated carbocycles. The highest BCUT2D eigenvalue weighted by atomic mass is 16.3. The highest BCUT2D eigenvalue weighted by Crippen LogP contribution is 2.06. The summed E-state index contributed by atoms with van der Waals surface area (Å²) >= 11 is 0. The van der Waals surface area contributed by atoms with Gasteiger partial charge in [-0.2, -0.15) is 0 Å². The van der Waals surface area contributed by atoms with Gasteiger partial charge in [-0.1, -0.05) is 62.4 Å². The van der Waals surface area contributed by atoms with Crippen LogP contribution in [-0.2, 0) is 6.42 Å². The van der Waals surface area contributed by atoms with Crippen molar-refractivity contribution in [1.29, 1.82) is 0 Å². The third-order valence-corrected chi connectivity index (χ3v) is 3.27. The van der Waals surface area contributed by atoms with E-state index in [0.717, 1.165) is 18.4 Å². The normalized spacial score (nSPS) is 9.86. The number of phenols is 1. The van der Waals surface area contributed by atoms with Crippen LogP contribution in [0, 0.1) is 0 Å². The largest absolute Gasteiger partial charge is 0.508 e. The highest BCUT2D eigenvalue weighted by molar-refractivity contribution is 5.18. The van der Waals surface area contributed by atoms with Crippen LogP contribution in [0.15, 0.2) is 41.3 Å². The summed E-state index contributed by atoms with van der Waals surface area (Å²) in [5, 5.41) is 18.1. The molecule has 2 rings (SSSR count). The highest BCUT2D eigenvalue weighted by Gasteiger charge is 1.99. The van der Waals surface area contributed by atoms with E-state index in [1.807, 2.05) is 6.07 Å². The van der Waals surface area contributed by atoms with Crippen molar-refractivity contribution in [3.05, 3.63) is 52.4 Å². The number of para-hydroxylation sites is 1. The molecule has 2 aromatic rings. The molecule has 5 nitrogen and oxygen atoms in total. The van der Waals surface area contributed by atoms with Crippen LogP contribution in [0.4, 0.5) is 0 Å². The number of unbranched alkanes of at least 4 members (excludes halogenated alkanes) is 5. The number of nitrogens with one attached hydrogen (secondary N) is 1. The molecular weight excluding hydrogens is 278 g/mol. The Morgan fingerprint density at radius 1 is 1.05 bits per heavy atom. The lowest BCUT2D eigenvalue weighted by molar-refractivity contribution is 0.475. The summed E-state index contributed by atoms with van der Waals surface area (Å²) in [7, 11) is 0. The predicted molar refractivity (Wildman–Crippen MR) is 87.8 cm³/mol. The van der Waals surface area contributed by atoms with Crippen molar-refractivity contribution in [2.45, 2.75) is 51.9 Å². The molecule has 22 heavy (non-hydrogen) atoms. The molecule has 0 amide bonds. The lowest BCUT2D eigenvalue weighted by atomic mass is 10.1. The number of phenolic OH excluding ortho intramolecular Hbond substituents is 1. The van der Waals surface area contributed by atoms with Gasteiger partial charge in [0.15, 0.2) is 0 Å². The summed E-state index contributed by atoms with van der Waals surface area (Å²) in [6, 6.07) is 8.71. The van der Waals surface area contributed by atoms with E-state index in [0.29, 0.717) is 5.75 Å². The van der Waals surface area contributed by atoms with Gasteiger partial charge < -0.3 is 5.11 Å². The van der Waals surface area contributed by atoms with E-state index < -0.39 is 0 Å². The van der Waals surface area contributed by atoms with Gasteiger partial charge in [0.2, 0.25) is 0 Å². The number of aromatic nitrogens is 3. The van der Waals surface area contributed by atoms with Crippen LogP contribution in [0.5, 0.6) is 5.75 Å². The van der Waals surface area contributed by atoms with Crippen LogP contribution in [0.1, 0.15) is 51.0 Å². The Bertz CT molecular complexity index is 555. The summed E-state index contributed by atoms with van der Waals surface area (Å²) in [4.78, 5) is 11.2. The second-order valence-corrected chi connectivity index (χ2v) is 5.16. The SMILES string of the molecule is CCCCCCCCc1cnn[nH]c1=O.Oc1ccccc1. The smallest absolute Gasteiger partial charge is 0.270 e. The first-order chi connectivity index (χ1) is 10.7. The van der Waals surface area contributed by atoms with Crippen molar-refractivity contribution >= 4 is 0 Å². The van der Waals surface area contributed by atoms with E-state index in [4.69, 9.17) is 5.11 Å². The molecule has 0 saturated heterocycles. The van der Waals surface area contributed by atoms with Gasteiger partial charge in [0.1, 0.15) is 5.75 Å². The number of hydrogen-bond donors (Lipinski definition) is 2. The fraction of sp³-hybridized carbons (Fsp3) is 0.471. The van der Waals surface area contributed by atoms with Gasteiger partial charge in [0.25, 0.3) is 5.56 Å². The van der Waals surface area contributed by atoms with Crippen molar-refractivity contribution in [2.24, 2.45) is 0 Å². The van der Waals surface area contributed by atoms with Gasteiger partial charge in [-0.25, -0.2) is 5.10 Å². The van der Waals surface area contributed by atoms with Crippen LogP contribution < -0.4 is 5.56 Å². The summed E-state index contributed by atoms with van der Waals surface area (Å²) in [6.45, 7) is 2.21. The van der Waals surface area contributed by atoms with E-state index >= 15 is 0 Å². The maximum absolute atomic E-state index is 11.2. The fourth-order valence-corrected chi connectivity index (χ4v) is 2.01. The third kappa shape index (κ3) is 8.19. The second kappa shape index (κ2) is 11.5. The Labute approximate surface area is 131 Å². The van der Waals surface area contributed by atoms with Crippen molar-refractivity contribution in [3.8, 4) is 5.75 Å². The Morgan fingerprint density at radius 3 is 2.32 bits per heavy atom. The average Bonchev–Trinajstić information content (AvgIpc) is 2.54. The van der Waals surface area contributed by atoms with E-state index in [2.05, 4.69) is 22.3 Å². The van der Waals surface area contributed by atoms with E-state index in [1.165, 1.54) is 32.1 Å². The molecule has 0 aliphatic rings. The monoisotopic (exact) mass is 303 g/mol. The summed E-state index contributed by atoms with van der Waals surface area (Å²) in [5.41, 5.74) is 0.652. The minimum Gasteiger partial charge on any atom is -0.508 e. The van der Waals surface area contributed by atoms with Crippen molar-refractivity contribution in [1.82, 2.24) is 15.4 Å². The predicted octanol–water partition coefficient (Wildman–Crippen LogP) is 3.46. The molecule has 120 valence electrons. The van der Waals surface area contributed by atoms with Gasteiger partial charge in [0, 0.05) is 5.56 Å². The molecule has 0 aliphatic heterocycles. The number of H-pyrrole nitrogens is 1. The molecule has 1 aromatic carbocycles. The number of benzene rings is 1. The first-order valence-electron chi connectivity index (χ1n) is 7.87. The average molecular weight is 303 g/mol. The molecule has 0 bridgehead atoms. The van der Waals surface area contributed by atoms with E-state index in [1.54, 1.807) is 30.5 Å². The van der Waals surface area contributed by atoms with Crippen LogP contribution in [0.25, 0.3) is 0 Å². The quantitative estimate of drug-likeness (QED) is 0.768. The lowest BCUT2D eigenvalue weighted by Gasteiger charge is -1.99. The molecule has 2 N–H and O–H groups in total. The molecule has 0 radical (unpaired) electrons. The molecular formula is C17H25N3O2. The van der Waals surface area contributed by atoms with Crippen molar-refractivity contribution in [3.63, 3.8) is 0 Å². The summed E-state index contributed by atoms with van der Waals surface area (Å²) in [5.74, 6) is 0.322. The molecule has 1 heterocycles. The fourth-order valence-electron chi connectivity index (χ4n) is 2.01. The van der Waals surface area contributed by atoms with Gasteiger partial charge in [-0.15, -0.1) is 5.10 Å². The maximum atomic E-state index is 11.2. The standard InChI is InChI=1S/C11H19N3O.C6H6O/c1-2-3-4-5-6-7-8-10-9-12-14-13-11(10)15;7-6-4-2-1-3-5-6/h9H,2-8H2,1H3,(H,12,13,15);1-5,7H. The Balaban J connectivity index is 0.000000287. The van der Waals surface area contributed by atoms with Crippen LogP contribution in [0.2, 0.25) is 0 Å². The lowest BCUT2D eigenvalue weighted by Crippen LogP contribution is -2.14. The van der Waals surface area contributed by atoms with E-state index in [-0.39, 0.29) is 5.56 Å². The molecule has 0 unspecified atom stereocenters. The van der Waals surface area contributed by atoms with Gasteiger partial charge in [-0.3, -0.25) is 4.79 Å². The Kier molecular flexibility index (Phi) is 9.33. The third-order valence-electron chi connectivity index (χ3n) is 3.27. The van der Waals surface area contributed by atoms with Gasteiger partial charge in [-0.05, 0) is 25.0 Å². The maximum Gasteiger partial charge on any atom is 0.270 e. The van der Waals surface area contributed by atoms with Crippen LogP contribution in [0.3, 0.4) is 0 Å². The number of aromatic amines is 1. The second-order valence-electron chi connectivity index (χ2n) is 5.16. The molecule has 0 spiro atoms. The van der Waals surface area contributed by atoms with Gasteiger partial charge in [0.05, 0.1) is 6.20 Å². The molecule has 0 aliphatic carbocycles. The molecule has 0 atom stereocenters. The van der Waals surface area contributed by atoms with Crippen molar-refractivity contribution < 1.29 is 5.11 Å². The number of aryl methyl sites for hydroxylation is 1. The topological polar surface area (TPSA) is 78.9 Å². The zero-order valence-corrected chi connectivity index (χ0v) is 13.2. The number of rotatable bonds is 7. The summed E-state index contributed by atoms with van der Waals surface area (Å²) < 4.78 is 0. The number of aromatic hydroxyl groups is 1.